The van der Waals surface area contributed by atoms with Gasteiger partial charge in [0, 0.05) is 13.0 Å². The summed E-state index contributed by atoms with van der Waals surface area (Å²) in [7, 11) is -6.73. The molecule has 1 aromatic carbocycles. The molecule has 0 spiro atoms. The van der Waals surface area contributed by atoms with Gasteiger partial charge in [-0.05, 0) is 25.8 Å². The highest BCUT2D eigenvalue weighted by Gasteiger charge is 2.76. The smallest absolute Gasteiger partial charge is 0.371 e. The first-order chi connectivity index (χ1) is 11.6. The minimum atomic E-state index is -6.73. The second-order valence-electron chi connectivity index (χ2n) is 6.10. The summed E-state index contributed by atoms with van der Waals surface area (Å²) in [6, 6.07) is 8.52. The number of rotatable bonds is 9. The average Bonchev–Trinajstić information content (AvgIpc) is 2.51. The lowest BCUT2D eigenvalue weighted by atomic mass is 9.98. The highest BCUT2D eigenvalue weighted by molar-refractivity contribution is 7.87. The van der Waals surface area contributed by atoms with Crippen molar-refractivity contribution in [3.63, 3.8) is 0 Å². The normalized spacial score (nSPS) is 14.5. The molecule has 11 heteroatoms. The van der Waals surface area contributed by atoms with E-state index in [0.717, 1.165) is 0 Å². The van der Waals surface area contributed by atoms with Gasteiger partial charge in [0.05, 0.1) is 5.60 Å². The molecule has 1 aromatic rings. The fourth-order valence-corrected chi connectivity index (χ4v) is 2.55. The molecule has 1 N–H and O–H groups in total. The molecule has 150 valence electrons. The third-order valence-corrected chi connectivity index (χ3v) is 4.62. The Morgan fingerprint density at radius 3 is 1.96 bits per heavy atom. The zero-order chi connectivity index (χ0) is 20.4. The number of hydrogen-bond acceptors (Lipinski definition) is 3. The SMILES string of the molecule is CC(C)(OCCCC(F)(F)C(F)(F)C(F)(F)S(=O)(=O)O)c1ccccc1. The molecule has 26 heavy (non-hydrogen) atoms. The molecule has 0 fully saturated rings. The van der Waals surface area contributed by atoms with Crippen molar-refractivity contribution in [1.29, 1.82) is 0 Å². The van der Waals surface area contributed by atoms with Crippen molar-refractivity contribution in [3.8, 4) is 0 Å². The molecule has 0 bridgehead atoms. The van der Waals surface area contributed by atoms with Crippen LogP contribution in [0.25, 0.3) is 0 Å². The molecule has 0 saturated heterocycles. The highest BCUT2D eigenvalue weighted by atomic mass is 32.2. The van der Waals surface area contributed by atoms with Crippen molar-refractivity contribution in [2.75, 3.05) is 6.61 Å². The quantitative estimate of drug-likeness (QED) is 0.372. The zero-order valence-corrected chi connectivity index (χ0v) is 14.7. The Hall–Kier alpha value is -1.33. The first-order valence-electron chi connectivity index (χ1n) is 7.36. The van der Waals surface area contributed by atoms with Crippen LogP contribution in [-0.2, 0) is 20.5 Å². The van der Waals surface area contributed by atoms with Gasteiger partial charge in [0.25, 0.3) is 0 Å². The van der Waals surface area contributed by atoms with Gasteiger partial charge in [-0.1, -0.05) is 30.3 Å². The fourth-order valence-electron chi connectivity index (χ4n) is 2.08. The van der Waals surface area contributed by atoms with E-state index in [1.54, 1.807) is 44.2 Å². The summed E-state index contributed by atoms with van der Waals surface area (Å²) < 4.78 is 114. The molecule has 0 aromatic heterocycles. The largest absolute Gasteiger partial charge is 0.437 e. The summed E-state index contributed by atoms with van der Waals surface area (Å²) in [6.45, 7) is 2.73. The van der Waals surface area contributed by atoms with Crippen molar-refractivity contribution in [2.45, 2.75) is 49.4 Å². The molecule has 0 aliphatic heterocycles. The second-order valence-corrected chi connectivity index (χ2v) is 7.56. The lowest BCUT2D eigenvalue weighted by Gasteiger charge is -2.31. The van der Waals surface area contributed by atoms with Crippen molar-refractivity contribution in [1.82, 2.24) is 0 Å². The van der Waals surface area contributed by atoms with E-state index in [2.05, 4.69) is 0 Å². The number of halogens is 6. The van der Waals surface area contributed by atoms with Crippen LogP contribution in [-0.4, -0.2) is 36.7 Å². The standard InChI is InChI=1S/C15H18F6O4S/c1-12(2,11-7-4-3-5-8-11)25-10-6-9-13(16,17)14(18,19)15(20,21)26(22,23)24/h3-5,7-8H,6,9-10H2,1-2H3,(H,22,23,24). The summed E-state index contributed by atoms with van der Waals surface area (Å²) in [5, 5.41) is -6.33. The van der Waals surface area contributed by atoms with E-state index in [-0.39, 0.29) is 0 Å². The minimum absolute atomic E-state index is 0.467. The Labute approximate surface area is 146 Å². The number of ether oxygens (including phenoxy) is 1. The van der Waals surface area contributed by atoms with Gasteiger partial charge in [0.15, 0.2) is 0 Å². The van der Waals surface area contributed by atoms with E-state index in [1.165, 1.54) is 0 Å². The van der Waals surface area contributed by atoms with Gasteiger partial charge in [0.1, 0.15) is 0 Å². The lowest BCUT2D eigenvalue weighted by Crippen LogP contribution is -2.57. The predicted octanol–water partition coefficient (Wildman–Crippen LogP) is 4.47. The van der Waals surface area contributed by atoms with E-state index in [4.69, 9.17) is 9.29 Å². The van der Waals surface area contributed by atoms with Crippen LogP contribution in [0.5, 0.6) is 0 Å². The molecule has 0 radical (unpaired) electrons. The van der Waals surface area contributed by atoms with Crippen LogP contribution < -0.4 is 0 Å². The van der Waals surface area contributed by atoms with E-state index < -0.39 is 52.3 Å². The van der Waals surface area contributed by atoms with Crippen LogP contribution in [0.1, 0.15) is 32.3 Å². The molecule has 1 rings (SSSR count). The number of benzene rings is 1. The Bertz CT molecular complexity index is 704. The minimum Gasteiger partial charge on any atom is -0.371 e. The average molecular weight is 408 g/mol. The second kappa shape index (κ2) is 7.35. The van der Waals surface area contributed by atoms with E-state index in [9.17, 15) is 34.8 Å². The molecule has 4 nitrogen and oxygen atoms in total. The molecule has 0 atom stereocenters. The van der Waals surface area contributed by atoms with Gasteiger partial charge in [-0.2, -0.15) is 34.8 Å². The van der Waals surface area contributed by atoms with Gasteiger partial charge >= 0.3 is 27.2 Å². The Kier molecular flexibility index (Phi) is 6.42. The molecule has 0 saturated carbocycles. The van der Waals surface area contributed by atoms with Crippen LogP contribution >= 0.6 is 0 Å². The van der Waals surface area contributed by atoms with Gasteiger partial charge in [-0.25, -0.2) is 0 Å². The summed E-state index contributed by atoms with van der Waals surface area (Å²) in [6.07, 6.45) is -2.52. The monoisotopic (exact) mass is 408 g/mol. The maximum atomic E-state index is 13.5. The van der Waals surface area contributed by atoms with Crippen LogP contribution in [0.3, 0.4) is 0 Å². The van der Waals surface area contributed by atoms with Crippen molar-refractivity contribution in [3.05, 3.63) is 35.9 Å². The fraction of sp³-hybridized carbons (Fsp3) is 0.600. The Balaban J connectivity index is 2.74. The summed E-state index contributed by atoms with van der Waals surface area (Å²) >= 11 is 0. The molecule has 0 unspecified atom stereocenters. The van der Waals surface area contributed by atoms with E-state index in [1.807, 2.05) is 0 Å². The topological polar surface area (TPSA) is 63.6 Å². The lowest BCUT2D eigenvalue weighted by molar-refractivity contribution is -0.283. The van der Waals surface area contributed by atoms with Gasteiger partial charge in [-0.3, -0.25) is 4.55 Å². The molecule has 0 aliphatic carbocycles. The highest BCUT2D eigenvalue weighted by Crippen LogP contribution is 2.49. The van der Waals surface area contributed by atoms with Gasteiger partial charge in [-0.15, -0.1) is 0 Å². The third kappa shape index (κ3) is 4.49. The van der Waals surface area contributed by atoms with Crippen LogP contribution in [0, 0.1) is 0 Å². The summed E-state index contributed by atoms with van der Waals surface area (Å²) in [5.41, 5.74) is -0.271. The summed E-state index contributed by atoms with van der Waals surface area (Å²) in [4.78, 5) is 0. The maximum absolute atomic E-state index is 13.5. The van der Waals surface area contributed by atoms with Crippen LogP contribution in [0.15, 0.2) is 30.3 Å². The zero-order valence-electron chi connectivity index (χ0n) is 13.9. The molecular formula is C15H18F6O4S. The molecule has 0 aliphatic rings. The summed E-state index contributed by atoms with van der Waals surface area (Å²) in [5.74, 6) is -11.7. The molecular weight excluding hydrogens is 390 g/mol. The van der Waals surface area contributed by atoms with Gasteiger partial charge < -0.3 is 4.74 Å². The first kappa shape index (κ1) is 22.7. The maximum Gasteiger partial charge on any atom is 0.437 e. The third-order valence-electron chi connectivity index (χ3n) is 3.72. The van der Waals surface area contributed by atoms with Crippen LogP contribution in [0.2, 0.25) is 0 Å². The van der Waals surface area contributed by atoms with Gasteiger partial charge in [0.2, 0.25) is 0 Å². The van der Waals surface area contributed by atoms with Crippen molar-refractivity contribution < 1.29 is 44.0 Å². The Morgan fingerprint density at radius 2 is 1.50 bits per heavy atom. The molecule has 0 heterocycles. The predicted molar refractivity (Wildman–Crippen MR) is 81.0 cm³/mol. The Morgan fingerprint density at radius 1 is 1.00 bits per heavy atom. The van der Waals surface area contributed by atoms with E-state index in [0.29, 0.717) is 5.56 Å². The molecule has 0 amide bonds. The van der Waals surface area contributed by atoms with Crippen molar-refractivity contribution >= 4 is 10.1 Å². The van der Waals surface area contributed by atoms with Crippen molar-refractivity contribution in [2.24, 2.45) is 0 Å². The number of hydrogen-bond donors (Lipinski definition) is 1. The van der Waals surface area contributed by atoms with E-state index >= 15 is 0 Å². The van der Waals surface area contributed by atoms with Crippen LogP contribution in [0.4, 0.5) is 26.3 Å². The first-order valence-corrected chi connectivity index (χ1v) is 8.80. The number of alkyl halides is 6.